The molecule has 0 fully saturated rings. The monoisotopic (exact) mass is 174 g/mol. The van der Waals surface area contributed by atoms with Crippen LogP contribution < -0.4 is 0 Å². The molecule has 1 aromatic heterocycles. The summed E-state index contributed by atoms with van der Waals surface area (Å²) in [6.07, 6.45) is 1.02. The summed E-state index contributed by atoms with van der Waals surface area (Å²) >= 11 is 0. The smallest absolute Gasteiger partial charge is 0.134 e. The summed E-state index contributed by atoms with van der Waals surface area (Å²) in [5.74, 6) is 1.75. The molecule has 2 aromatic rings. The first-order chi connectivity index (χ1) is 6.25. The van der Waals surface area contributed by atoms with Crippen LogP contribution in [0.25, 0.3) is 11.0 Å². The fraction of sp³-hybridized carbons (Fsp3) is 0.333. The van der Waals surface area contributed by atoms with Gasteiger partial charge in [0, 0.05) is 11.8 Å². The van der Waals surface area contributed by atoms with Crippen molar-refractivity contribution < 1.29 is 4.42 Å². The van der Waals surface area contributed by atoms with Gasteiger partial charge in [0.25, 0.3) is 0 Å². The van der Waals surface area contributed by atoms with E-state index in [9.17, 15) is 0 Å². The molecule has 0 aliphatic carbocycles. The van der Waals surface area contributed by atoms with Crippen LogP contribution in [0.1, 0.15) is 19.6 Å². The predicted molar refractivity (Wildman–Crippen MR) is 54.8 cm³/mol. The molecule has 0 saturated heterocycles. The van der Waals surface area contributed by atoms with Crippen molar-refractivity contribution in [3.05, 3.63) is 36.1 Å². The van der Waals surface area contributed by atoms with Crippen molar-refractivity contribution in [3.8, 4) is 0 Å². The van der Waals surface area contributed by atoms with E-state index in [0.717, 1.165) is 17.8 Å². The summed E-state index contributed by atoms with van der Waals surface area (Å²) < 4.78 is 5.68. The van der Waals surface area contributed by atoms with Crippen molar-refractivity contribution in [1.82, 2.24) is 0 Å². The minimum Gasteiger partial charge on any atom is -0.461 e. The molecule has 0 aliphatic heterocycles. The first kappa shape index (κ1) is 8.36. The summed E-state index contributed by atoms with van der Waals surface area (Å²) in [6, 6.07) is 10.3. The number of hydrogen-bond donors (Lipinski definition) is 0. The Morgan fingerprint density at radius 3 is 2.69 bits per heavy atom. The van der Waals surface area contributed by atoms with E-state index in [1.807, 2.05) is 18.2 Å². The molecular weight excluding hydrogens is 160 g/mol. The van der Waals surface area contributed by atoms with Gasteiger partial charge in [0.1, 0.15) is 11.3 Å². The maximum absolute atomic E-state index is 5.68. The molecule has 1 aromatic carbocycles. The molecule has 0 saturated carbocycles. The summed E-state index contributed by atoms with van der Waals surface area (Å²) in [4.78, 5) is 0. The Morgan fingerprint density at radius 2 is 2.00 bits per heavy atom. The van der Waals surface area contributed by atoms with Gasteiger partial charge in [0.05, 0.1) is 0 Å². The van der Waals surface area contributed by atoms with Crippen LogP contribution in [0.4, 0.5) is 0 Å². The zero-order valence-electron chi connectivity index (χ0n) is 8.08. The zero-order valence-corrected chi connectivity index (χ0v) is 8.08. The molecule has 13 heavy (non-hydrogen) atoms. The van der Waals surface area contributed by atoms with Crippen molar-refractivity contribution in [2.75, 3.05) is 0 Å². The number of benzene rings is 1. The lowest BCUT2D eigenvalue weighted by Crippen LogP contribution is -1.90. The highest BCUT2D eigenvalue weighted by atomic mass is 16.3. The molecule has 0 unspecified atom stereocenters. The highest BCUT2D eigenvalue weighted by Crippen LogP contribution is 2.20. The van der Waals surface area contributed by atoms with Crippen LogP contribution in [0.15, 0.2) is 34.7 Å². The molecule has 1 heteroatoms. The lowest BCUT2D eigenvalue weighted by molar-refractivity contribution is 0.500. The van der Waals surface area contributed by atoms with E-state index in [4.69, 9.17) is 4.42 Å². The third-order valence-corrected chi connectivity index (χ3v) is 2.09. The van der Waals surface area contributed by atoms with Crippen LogP contribution >= 0.6 is 0 Å². The van der Waals surface area contributed by atoms with Gasteiger partial charge in [-0.1, -0.05) is 32.0 Å². The van der Waals surface area contributed by atoms with Crippen molar-refractivity contribution in [3.63, 3.8) is 0 Å². The fourth-order valence-electron chi connectivity index (χ4n) is 1.54. The van der Waals surface area contributed by atoms with Gasteiger partial charge in [0.2, 0.25) is 0 Å². The van der Waals surface area contributed by atoms with Crippen molar-refractivity contribution in [2.24, 2.45) is 5.92 Å². The molecular formula is C12H14O. The second-order valence-electron chi connectivity index (χ2n) is 3.85. The first-order valence-corrected chi connectivity index (χ1v) is 4.73. The maximum atomic E-state index is 5.68. The summed E-state index contributed by atoms with van der Waals surface area (Å²) in [7, 11) is 0. The maximum Gasteiger partial charge on any atom is 0.134 e. The standard InChI is InChI=1S/C12H14O/c1-9(2)7-11-8-10-5-3-4-6-12(10)13-11/h3-6,8-9H,7H2,1-2H3. The van der Waals surface area contributed by atoms with Gasteiger partial charge in [0.15, 0.2) is 0 Å². The molecule has 68 valence electrons. The van der Waals surface area contributed by atoms with E-state index in [1.165, 1.54) is 5.39 Å². The van der Waals surface area contributed by atoms with Crippen LogP contribution in [0.2, 0.25) is 0 Å². The molecule has 1 nitrogen and oxygen atoms in total. The molecule has 1 heterocycles. The average molecular weight is 174 g/mol. The van der Waals surface area contributed by atoms with Crippen LogP contribution in [0.3, 0.4) is 0 Å². The lowest BCUT2D eigenvalue weighted by Gasteiger charge is -1.98. The van der Waals surface area contributed by atoms with E-state index >= 15 is 0 Å². The average Bonchev–Trinajstić information content (AvgIpc) is 2.44. The van der Waals surface area contributed by atoms with Crippen molar-refractivity contribution in [1.29, 1.82) is 0 Å². The van der Waals surface area contributed by atoms with E-state index in [-0.39, 0.29) is 0 Å². The van der Waals surface area contributed by atoms with E-state index < -0.39 is 0 Å². The third kappa shape index (κ3) is 1.74. The number of furan rings is 1. The molecule has 0 atom stereocenters. The molecule has 0 spiro atoms. The third-order valence-electron chi connectivity index (χ3n) is 2.09. The quantitative estimate of drug-likeness (QED) is 0.677. The molecule has 0 bridgehead atoms. The molecule has 0 aliphatic rings. The van der Waals surface area contributed by atoms with Gasteiger partial charge < -0.3 is 4.42 Å². The number of hydrogen-bond acceptors (Lipinski definition) is 1. The fourth-order valence-corrected chi connectivity index (χ4v) is 1.54. The molecule has 0 amide bonds. The predicted octanol–water partition coefficient (Wildman–Crippen LogP) is 3.63. The molecule has 0 radical (unpaired) electrons. The topological polar surface area (TPSA) is 13.1 Å². The van der Waals surface area contributed by atoms with E-state index in [2.05, 4.69) is 26.0 Å². The Kier molecular flexibility index (Phi) is 2.09. The normalized spacial score (nSPS) is 11.3. The summed E-state index contributed by atoms with van der Waals surface area (Å²) in [6.45, 7) is 4.40. The van der Waals surface area contributed by atoms with Gasteiger partial charge in [-0.2, -0.15) is 0 Å². The minimum absolute atomic E-state index is 0.653. The van der Waals surface area contributed by atoms with Crippen molar-refractivity contribution >= 4 is 11.0 Å². The summed E-state index contributed by atoms with van der Waals surface area (Å²) in [5.41, 5.74) is 0.998. The first-order valence-electron chi connectivity index (χ1n) is 4.73. The second-order valence-corrected chi connectivity index (χ2v) is 3.85. The van der Waals surface area contributed by atoms with Crippen molar-refractivity contribution in [2.45, 2.75) is 20.3 Å². The van der Waals surface area contributed by atoms with Gasteiger partial charge in [-0.15, -0.1) is 0 Å². The highest BCUT2D eigenvalue weighted by Gasteiger charge is 2.04. The van der Waals surface area contributed by atoms with E-state index in [0.29, 0.717) is 5.92 Å². The molecule has 0 N–H and O–H groups in total. The number of para-hydroxylation sites is 1. The van der Waals surface area contributed by atoms with Gasteiger partial charge in [-0.3, -0.25) is 0 Å². The molecule has 2 rings (SSSR count). The van der Waals surface area contributed by atoms with Gasteiger partial charge in [-0.05, 0) is 18.1 Å². The van der Waals surface area contributed by atoms with Gasteiger partial charge in [-0.25, -0.2) is 0 Å². The van der Waals surface area contributed by atoms with Gasteiger partial charge >= 0.3 is 0 Å². The Morgan fingerprint density at radius 1 is 1.23 bits per heavy atom. The number of rotatable bonds is 2. The Labute approximate surface area is 78.4 Å². The van der Waals surface area contributed by atoms with Crippen LogP contribution in [0.5, 0.6) is 0 Å². The Balaban J connectivity index is 2.38. The minimum atomic E-state index is 0.653. The second kappa shape index (κ2) is 3.25. The summed E-state index contributed by atoms with van der Waals surface area (Å²) in [5, 5.41) is 1.21. The largest absolute Gasteiger partial charge is 0.461 e. The van der Waals surface area contributed by atoms with Crippen LogP contribution in [0, 0.1) is 5.92 Å². The Bertz CT molecular complexity index is 365. The number of fused-ring (bicyclic) bond motifs is 1. The zero-order chi connectivity index (χ0) is 9.26. The lowest BCUT2D eigenvalue weighted by atomic mass is 10.1. The highest BCUT2D eigenvalue weighted by molar-refractivity contribution is 5.77. The Hall–Kier alpha value is -1.24. The SMILES string of the molecule is CC(C)Cc1cc2ccccc2o1. The van der Waals surface area contributed by atoms with Crippen LogP contribution in [-0.2, 0) is 6.42 Å². The van der Waals surface area contributed by atoms with Crippen LogP contribution in [-0.4, -0.2) is 0 Å². The van der Waals surface area contributed by atoms with E-state index in [1.54, 1.807) is 0 Å².